The van der Waals surface area contributed by atoms with Crippen molar-refractivity contribution in [1.29, 1.82) is 0 Å². The Hall–Kier alpha value is -1.69. The molecule has 0 saturated carbocycles. The quantitative estimate of drug-likeness (QED) is 0.302. The fraction of sp³-hybridized carbons (Fsp3) is 0.353. The normalized spacial score (nSPS) is 12.2. The molecule has 28 heavy (non-hydrogen) atoms. The number of carbonyl (C=O) groups is 1. The first-order valence-corrected chi connectivity index (χ1v) is 12.0. The Bertz CT molecular complexity index is 1070. The lowest BCUT2D eigenvalue weighted by molar-refractivity contribution is -0.115. The van der Waals surface area contributed by atoms with E-state index in [1.165, 1.54) is 46.2 Å². The van der Waals surface area contributed by atoms with Crippen molar-refractivity contribution in [2.75, 3.05) is 11.1 Å². The first-order chi connectivity index (χ1) is 13.4. The van der Waals surface area contributed by atoms with Crippen molar-refractivity contribution in [3.05, 3.63) is 39.3 Å². The monoisotopic (exact) mass is 453 g/mol. The van der Waals surface area contributed by atoms with Crippen LogP contribution in [-0.4, -0.2) is 37.1 Å². The molecule has 148 valence electrons. The summed E-state index contributed by atoms with van der Waals surface area (Å²) in [5, 5.41) is 11.6. The lowest BCUT2D eigenvalue weighted by Gasteiger charge is -2.09. The fourth-order valence-corrected chi connectivity index (χ4v) is 5.62. The highest BCUT2D eigenvalue weighted by molar-refractivity contribution is 8.01. The lowest BCUT2D eigenvalue weighted by atomic mass is 10.2. The number of anilines is 1. The zero-order valence-corrected chi connectivity index (χ0v) is 18.8. The van der Waals surface area contributed by atoms with E-state index in [0.29, 0.717) is 22.1 Å². The average Bonchev–Trinajstić information content (AvgIpc) is 3.22. The molecule has 0 saturated heterocycles. The number of amides is 1. The molecule has 11 heteroatoms. The number of fused-ring (bicyclic) bond motifs is 1. The second kappa shape index (κ2) is 9.21. The number of thioether (sulfide) groups is 2. The van der Waals surface area contributed by atoms with Gasteiger partial charge in [-0.1, -0.05) is 29.2 Å². The van der Waals surface area contributed by atoms with Crippen molar-refractivity contribution in [1.82, 2.24) is 20.2 Å². The Balaban J connectivity index is 1.60. The Kier molecular flexibility index (Phi) is 6.91. The Morgan fingerprint density at radius 1 is 1.36 bits per heavy atom. The third-order valence-corrected chi connectivity index (χ3v) is 8.11. The minimum absolute atomic E-state index is 0.127. The standard InChI is InChI=1S/C17H19N5O2S4/c1-5-6-25-17-22-21-16(28-17)20-13(23)10(4)26-7-11-18-14(24)12-8(2)9(3)27-15(12)19-11/h5,10H,1,6-7H2,2-4H3,(H,18,19,24)(H,20,21,23)/t10-/m0/s1. The van der Waals surface area contributed by atoms with Gasteiger partial charge in [-0.05, 0) is 26.3 Å². The van der Waals surface area contributed by atoms with Crippen LogP contribution in [0.4, 0.5) is 5.13 Å². The molecular weight excluding hydrogens is 434 g/mol. The molecule has 0 aromatic carbocycles. The fourth-order valence-electron chi connectivity index (χ4n) is 2.30. The highest BCUT2D eigenvalue weighted by Crippen LogP contribution is 2.28. The van der Waals surface area contributed by atoms with Gasteiger partial charge in [-0.3, -0.25) is 14.9 Å². The van der Waals surface area contributed by atoms with Gasteiger partial charge in [0.05, 0.1) is 16.4 Å². The van der Waals surface area contributed by atoms with Crippen molar-refractivity contribution in [2.24, 2.45) is 0 Å². The summed E-state index contributed by atoms with van der Waals surface area (Å²) in [5.74, 6) is 1.59. The molecule has 7 nitrogen and oxygen atoms in total. The first kappa shape index (κ1) is 21.0. The highest BCUT2D eigenvalue weighted by atomic mass is 32.2. The van der Waals surface area contributed by atoms with Crippen LogP contribution >= 0.6 is 46.2 Å². The van der Waals surface area contributed by atoms with Crippen LogP contribution in [-0.2, 0) is 10.5 Å². The SMILES string of the molecule is C=CCSc1nnc(NC(=O)[C@H](C)SCc2nc3sc(C)c(C)c3c(=O)[nH]2)s1. The Morgan fingerprint density at radius 2 is 2.14 bits per heavy atom. The smallest absolute Gasteiger partial charge is 0.259 e. The van der Waals surface area contributed by atoms with Crippen molar-refractivity contribution in [3.63, 3.8) is 0 Å². The summed E-state index contributed by atoms with van der Waals surface area (Å²) in [6.07, 6.45) is 1.79. The topological polar surface area (TPSA) is 101 Å². The summed E-state index contributed by atoms with van der Waals surface area (Å²) in [4.78, 5) is 33.9. The van der Waals surface area contributed by atoms with Gasteiger partial charge in [-0.25, -0.2) is 4.98 Å². The molecule has 0 spiro atoms. The van der Waals surface area contributed by atoms with E-state index in [1.54, 1.807) is 6.08 Å². The van der Waals surface area contributed by atoms with Crippen molar-refractivity contribution >= 4 is 67.5 Å². The van der Waals surface area contributed by atoms with Gasteiger partial charge in [0.15, 0.2) is 4.34 Å². The molecule has 3 heterocycles. The molecule has 2 N–H and O–H groups in total. The number of nitrogens with one attached hydrogen (secondary N) is 2. The van der Waals surface area contributed by atoms with Gasteiger partial charge in [0, 0.05) is 10.6 Å². The number of thiophene rings is 1. The van der Waals surface area contributed by atoms with Gasteiger partial charge in [0.2, 0.25) is 11.0 Å². The van der Waals surface area contributed by atoms with Gasteiger partial charge in [-0.2, -0.15) is 0 Å². The van der Waals surface area contributed by atoms with Crippen molar-refractivity contribution in [3.8, 4) is 0 Å². The van der Waals surface area contributed by atoms with Gasteiger partial charge < -0.3 is 4.98 Å². The van der Waals surface area contributed by atoms with Crippen LogP contribution in [0.25, 0.3) is 10.2 Å². The number of carbonyl (C=O) groups excluding carboxylic acids is 1. The van der Waals surface area contributed by atoms with E-state index >= 15 is 0 Å². The van der Waals surface area contributed by atoms with E-state index in [2.05, 4.69) is 32.1 Å². The number of nitrogens with zero attached hydrogens (tertiary/aromatic N) is 3. The number of hydrogen-bond acceptors (Lipinski definition) is 9. The van der Waals surface area contributed by atoms with E-state index in [4.69, 9.17) is 0 Å². The van der Waals surface area contributed by atoms with Gasteiger partial charge in [-0.15, -0.1) is 39.9 Å². The molecule has 0 bridgehead atoms. The molecule has 1 atom stereocenters. The van der Waals surface area contributed by atoms with E-state index in [0.717, 1.165) is 25.4 Å². The van der Waals surface area contributed by atoms with Crippen molar-refractivity contribution < 1.29 is 4.79 Å². The number of rotatable bonds is 8. The zero-order chi connectivity index (χ0) is 20.3. The van der Waals surface area contributed by atoms with Gasteiger partial charge in [0.1, 0.15) is 10.7 Å². The minimum atomic E-state index is -0.332. The average molecular weight is 454 g/mol. The van der Waals surface area contributed by atoms with Crippen LogP contribution in [0, 0.1) is 13.8 Å². The number of aromatic nitrogens is 4. The molecule has 3 aromatic heterocycles. The predicted molar refractivity (Wildman–Crippen MR) is 120 cm³/mol. The Labute approximate surface area is 178 Å². The maximum Gasteiger partial charge on any atom is 0.259 e. The van der Waals surface area contributed by atoms with E-state index < -0.39 is 0 Å². The molecule has 3 rings (SSSR count). The molecule has 3 aromatic rings. The van der Waals surface area contributed by atoms with Crippen LogP contribution in [0.15, 0.2) is 21.8 Å². The first-order valence-electron chi connectivity index (χ1n) is 8.37. The molecule has 1 amide bonds. The zero-order valence-electron chi connectivity index (χ0n) is 15.6. The molecule has 0 unspecified atom stereocenters. The number of aryl methyl sites for hydroxylation is 2. The summed E-state index contributed by atoms with van der Waals surface area (Å²) in [5.41, 5.74) is 0.848. The van der Waals surface area contributed by atoms with Gasteiger partial charge >= 0.3 is 0 Å². The Morgan fingerprint density at radius 3 is 2.89 bits per heavy atom. The molecule has 0 aliphatic heterocycles. The molecule has 0 fully saturated rings. The van der Waals surface area contributed by atoms with E-state index in [-0.39, 0.29) is 16.7 Å². The summed E-state index contributed by atoms with van der Waals surface area (Å²) in [6.45, 7) is 9.39. The van der Waals surface area contributed by atoms with E-state index in [9.17, 15) is 9.59 Å². The third kappa shape index (κ3) is 4.83. The maximum atomic E-state index is 12.4. The minimum Gasteiger partial charge on any atom is -0.309 e. The molecule has 0 radical (unpaired) electrons. The predicted octanol–water partition coefficient (Wildman–Crippen LogP) is 3.99. The summed E-state index contributed by atoms with van der Waals surface area (Å²) in [7, 11) is 0. The van der Waals surface area contributed by atoms with Crippen LogP contribution < -0.4 is 10.9 Å². The van der Waals surface area contributed by atoms with E-state index in [1.807, 2.05) is 20.8 Å². The number of H-pyrrole nitrogens is 1. The maximum absolute atomic E-state index is 12.4. The van der Waals surface area contributed by atoms with Crippen LogP contribution in [0.3, 0.4) is 0 Å². The van der Waals surface area contributed by atoms with Crippen LogP contribution in [0.5, 0.6) is 0 Å². The van der Waals surface area contributed by atoms with Gasteiger partial charge in [0.25, 0.3) is 5.56 Å². The largest absolute Gasteiger partial charge is 0.309 e. The molecule has 0 aliphatic carbocycles. The summed E-state index contributed by atoms with van der Waals surface area (Å²) in [6, 6.07) is 0. The third-order valence-electron chi connectivity index (χ3n) is 3.89. The second-order valence-electron chi connectivity index (χ2n) is 5.89. The van der Waals surface area contributed by atoms with Crippen LogP contribution in [0.2, 0.25) is 0 Å². The highest BCUT2D eigenvalue weighted by Gasteiger charge is 2.18. The summed E-state index contributed by atoms with van der Waals surface area (Å²) >= 11 is 5.77. The second-order valence-corrected chi connectivity index (χ2v) is 10.7. The lowest BCUT2D eigenvalue weighted by Crippen LogP contribution is -2.23. The van der Waals surface area contributed by atoms with Crippen molar-refractivity contribution in [2.45, 2.75) is 36.1 Å². The molecular formula is C17H19N5O2S4. The molecule has 0 aliphatic rings. The number of hydrogen-bond donors (Lipinski definition) is 2. The van der Waals surface area contributed by atoms with Crippen LogP contribution in [0.1, 0.15) is 23.2 Å². The summed E-state index contributed by atoms with van der Waals surface area (Å²) < 4.78 is 0.784. The number of aromatic amines is 1.